The molecule has 80 valence electrons. The van der Waals surface area contributed by atoms with Crippen LogP contribution in [0.25, 0.3) is 0 Å². The van der Waals surface area contributed by atoms with Crippen molar-refractivity contribution in [3.63, 3.8) is 0 Å². The van der Waals surface area contributed by atoms with Crippen molar-refractivity contribution in [3.8, 4) is 0 Å². The Labute approximate surface area is 94.6 Å². The van der Waals surface area contributed by atoms with Gasteiger partial charge in [-0.1, -0.05) is 13.5 Å². The second-order valence-corrected chi connectivity index (χ2v) is 36.9. The van der Waals surface area contributed by atoms with Crippen molar-refractivity contribution in [2.75, 3.05) is 0 Å². The van der Waals surface area contributed by atoms with Crippen LogP contribution in [-0.4, -0.2) is 54.6 Å². The van der Waals surface area contributed by atoms with Crippen molar-refractivity contribution in [3.05, 3.63) is 12.2 Å². The van der Waals surface area contributed by atoms with Gasteiger partial charge in [-0.2, -0.15) is 0 Å². The van der Waals surface area contributed by atoms with E-state index in [1.165, 1.54) is 0 Å². The largest absolute Gasteiger partial charge is 0.478 e. The molecule has 0 aromatic carbocycles. The lowest BCUT2D eigenvalue weighted by molar-refractivity contribution is -0.132. The molecule has 0 amide bonds. The average molecular weight is 279 g/mol. The van der Waals surface area contributed by atoms with Crippen LogP contribution in [0.15, 0.2) is 12.2 Å². The number of rotatable bonds is 4. The fourth-order valence-electron chi connectivity index (χ4n) is 1.98. The summed E-state index contributed by atoms with van der Waals surface area (Å²) in [4.78, 5) is 10.9. The number of carboxylic acid groups (broad SMARTS) is 1. The number of hydrogen-bond acceptors (Lipinski definition) is 2. The van der Waals surface area contributed by atoms with Crippen molar-refractivity contribution in [1.82, 2.24) is 0 Å². The first-order valence-corrected chi connectivity index (χ1v) is 22.2. The summed E-state index contributed by atoms with van der Waals surface area (Å²) in [7, 11) is -0.243. The zero-order valence-electron chi connectivity index (χ0n) is 8.66. The molecular weight excluding hydrogens is 260 g/mol. The minimum absolute atomic E-state index is 0.0846. The molecule has 14 heavy (non-hydrogen) atoms. The van der Waals surface area contributed by atoms with E-state index in [1.807, 2.05) is 0 Å². The van der Waals surface area contributed by atoms with Crippen LogP contribution in [0.5, 0.6) is 0 Å². The smallest absolute Gasteiger partial charge is 0.331 e. The van der Waals surface area contributed by atoms with Crippen molar-refractivity contribution in [1.29, 1.82) is 0 Å². The molecule has 1 aliphatic heterocycles. The highest BCUT2D eigenvalue weighted by Gasteiger charge is 2.30. The zero-order chi connectivity index (χ0) is 10.6. The van der Waals surface area contributed by atoms with Gasteiger partial charge in [0.05, 0.1) is 0 Å². The summed E-state index contributed by atoms with van der Waals surface area (Å²) in [5.41, 5.74) is 0.719. The summed E-state index contributed by atoms with van der Waals surface area (Å²) >= 11 is 0. The van der Waals surface area contributed by atoms with E-state index >= 15 is 0 Å². The predicted octanol–water partition coefficient (Wildman–Crippen LogP) is -3.01. The SMILES string of the molecule is C=C(C(=O)O)C(CC)[SiH]1O[SiH2][SiH2][SiH2][SiH2]1. The molecule has 0 aromatic heterocycles. The van der Waals surface area contributed by atoms with E-state index in [0.29, 0.717) is 22.7 Å². The van der Waals surface area contributed by atoms with Gasteiger partial charge in [0.15, 0.2) is 0 Å². The third-order valence-electron chi connectivity index (χ3n) is 2.83. The van der Waals surface area contributed by atoms with Crippen LogP contribution in [0.2, 0.25) is 5.54 Å². The van der Waals surface area contributed by atoms with Crippen LogP contribution in [0.3, 0.4) is 0 Å². The first kappa shape index (κ1) is 12.3. The first-order valence-electron chi connectivity index (χ1n) is 5.20. The zero-order valence-corrected chi connectivity index (χ0v) is 15.5. The fraction of sp³-hybridized carbons (Fsp3) is 0.500. The molecule has 0 aliphatic carbocycles. The molecule has 2 atom stereocenters. The molecule has 1 aliphatic rings. The molecule has 1 fully saturated rings. The molecule has 0 spiro atoms. The van der Waals surface area contributed by atoms with Gasteiger partial charge in [0, 0.05) is 28.2 Å². The van der Waals surface area contributed by atoms with Crippen LogP contribution in [-0.2, 0) is 8.91 Å². The summed E-state index contributed by atoms with van der Waals surface area (Å²) < 4.78 is 6.01. The van der Waals surface area contributed by atoms with Crippen LogP contribution >= 0.6 is 0 Å². The lowest BCUT2D eigenvalue weighted by Crippen LogP contribution is -2.47. The highest BCUT2D eigenvalue weighted by Crippen LogP contribution is 2.24. The van der Waals surface area contributed by atoms with Gasteiger partial charge in [-0.3, -0.25) is 0 Å². The van der Waals surface area contributed by atoms with Crippen LogP contribution < -0.4 is 0 Å². The van der Waals surface area contributed by atoms with Gasteiger partial charge in [0.1, 0.15) is 17.8 Å². The standard InChI is InChI=1S/C6H18O3Si5/c1-3-5(4(2)6(7)8)14-9-10-11-12-13-14/h5,14H,2-3,10-13H2,1H3,(H,7,8). The molecular formula is C6H18O3Si5. The monoisotopic (exact) mass is 278 g/mol. The van der Waals surface area contributed by atoms with Gasteiger partial charge < -0.3 is 9.22 Å². The normalized spacial score (nSPS) is 31.1. The van der Waals surface area contributed by atoms with E-state index in [2.05, 4.69) is 13.5 Å². The molecule has 2 unspecified atom stereocenters. The summed E-state index contributed by atoms with van der Waals surface area (Å²) in [5.74, 6) is -0.798. The summed E-state index contributed by atoms with van der Waals surface area (Å²) in [6.07, 6.45) is 0.944. The Morgan fingerprint density at radius 3 is 2.79 bits per heavy atom. The Hall–Kier alpha value is 0.254. The Morgan fingerprint density at radius 1 is 1.64 bits per heavy atom. The van der Waals surface area contributed by atoms with Gasteiger partial charge in [-0.05, 0) is 15.0 Å². The Morgan fingerprint density at radius 2 is 2.36 bits per heavy atom. The van der Waals surface area contributed by atoms with Gasteiger partial charge >= 0.3 is 5.97 Å². The lowest BCUT2D eigenvalue weighted by Gasteiger charge is -2.28. The Balaban J connectivity index is 2.59. The number of hydrogen-bond donors (Lipinski definition) is 1. The van der Waals surface area contributed by atoms with Gasteiger partial charge in [-0.25, -0.2) is 4.79 Å². The second-order valence-electron chi connectivity index (χ2n) is 3.75. The first-order chi connectivity index (χ1) is 6.66. The van der Waals surface area contributed by atoms with Gasteiger partial charge in [0.2, 0.25) is 0 Å². The summed E-state index contributed by atoms with van der Waals surface area (Å²) in [6, 6.07) is 0. The number of carbonyl (C=O) groups is 1. The molecule has 0 bridgehead atoms. The number of aliphatic carboxylic acids is 1. The maximum Gasteiger partial charge on any atom is 0.331 e. The van der Waals surface area contributed by atoms with E-state index < -0.39 is 14.5 Å². The van der Waals surface area contributed by atoms with Crippen LogP contribution in [0.1, 0.15) is 13.3 Å². The molecule has 0 aromatic rings. The van der Waals surface area contributed by atoms with Crippen molar-refractivity contribution in [2.24, 2.45) is 0 Å². The minimum Gasteiger partial charge on any atom is -0.478 e. The van der Waals surface area contributed by atoms with E-state index in [-0.39, 0.29) is 23.4 Å². The molecule has 8 heteroatoms. The molecule has 1 rings (SSSR count). The molecule has 0 radical (unpaired) electrons. The molecule has 1 N–H and O–H groups in total. The Kier molecular flexibility index (Phi) is 5.26. The molecule has 3 nitrogen and oxygen atoms in total. The maximum atomic E-state index is 10.9. The van der Waals surface area contributed by atoms with Crippen molar-refractivity contribution >= 4 is 49.5 Å². The third kappa shape index (κ3) is 3.13. The summed E-state index contributed by atoms with van der Waals surface area (Å²) in [5, 5.41) is 8.93. The number of carboxylic acids is 1. The van der Waals surface area contributed by atoms with Gasteiger partial charge in [0.25, 0.3) is 0 Å². The molecule has 1 saturated heterocycles. The van der Waals surface area contributed by atoms with Crippen LogP contribution in [0, 0.1) is 0 Å². The fourth-order valence-corrected chi connectivity index (χ4v) is 92.1. The average Bonchev–Trinajstić information content (AvgIpc) is 2.20. The van der Waals surface area contributed by atoms with E-state index in [4.69, 9.17) is 9.22 Å². The summed E-state index contributed by atoms with van der Waals surface area (Å²) in [6.45, 7) is 5.80. The third-order valence-corrected chi connectivity index (χ3v) is 60.7. The van der Waals surface area contributed by atoms with E-state index in [0.717, 1.165) is 6.42 Å². The molecule has 1 heterocycles. The minimum atomic E-state index is -1.04. The van der Waals surface area contributed by atoms with Gasteiger partial charge in [-0.15, -0.1) is 0 Å². The topological polar surface area (TPSA) is 46.5 Å². The van der Waals surface area contributed by atoms with Crippen molar-refractivity contribution in [2.45, 2.75) is 18.9 Å². The van der Waals surface area contributed by atoms with Crippen LogP contribution in [0.4, 0.5) is 0 Å². The van der Waals surface area contributed by atoms with E-state index in [9.17, 15) is 4.79 Å². The quantitative estimate of drug-likeness (QED) is 0.440. The second kappa shape index (κ2) is 5.97. The highest BCUT2D eigenvalue weighted by molar-refractivity contribution is 7.58. The highest BCUT2D eigenvalue weighted by atomic mass is 29.9. The lowest BCUT2D eigenvalue weighted by atomic mass is 10.2. The molecule has 0 saturated carbocycles. The Bertz CT molecular complexity index is 228. The predicted molar refractivity (Wildman–Crippen MR) is 73.2 cm³/mol. The van der Waals surface area contributed by atoms with Crippen molar-refractivity contribution < 1.29 is 14.0 Å². The van der Waals surface area contributed by atoms with E-state index in [1.54, 1.807) is 0 Å². The maximum absolute atomic E-state index is 10.9.